The maximum Gasteiger partial charge on any atom is 0.245 e. The molecule has 0 bridgehead atoms. The Labute approximate surface area is 123 Å². The van der Waals surface area contributed by atoms with Crippen molar-refractivity contribution in [3.63, 3.8) is 0 Å². The van der Waals surface area contributed by atoms with Crippen molar-refractivity contribution in [2.24, 2.45) is 11.8 Å². The first-order valence-corrected chi connectivity index (χ1v) is 7.99. The lowest BCUT2D eigenvalue weighted by molar-refractivity contribution is -0.151. The topological polar surface area (TPSA) is 49.4 Å². The number of hydrogen-bond acceptors (Lipinski definition) is 2. The normalized spacial score (nSPS) is 23.6. The van der Waals surface area contributed by atoms with Gasteiger partial charge in [0, 0.05) is 6.54 Å². The van der Waals surface area contributed by atoms with E-state index in [9.17, 15) is 9.59 Å². The maximum absolute atomic E-state index is 12.6. The van der Waals surface area contributed by atoms with Gasteiger partial charge in [-0.2, -0.15) is 0 Å². The fourth-order valence-electron chi connectivity index (χ4n) is 2.87. The zero-order valence-electron chi connectivity index (χ0n) is 13.6. The smallest absolute Gasteiger partial charge is 0.245 e. The molecule has 2 amide bonds. The van der Waals surface area contributed by atoms with E-state index < -0.39 is 0 Å². The van der Waals surface area contributed by atoms with Crippen molar-refractivity contribution in [1.29, 1.82) is 0 Å². The number of unbranched alkanes of at least 4 members (excludes halogenated alkanes) is 2. The Bertz CT molecular complexity index is 339. The first-order chi connectivity index (χ1) is 9.38. The molecule has 4 heteroatoms. The Kier molecular flexibility index (Phi) is 6.50. The summed E-state index contributed by atoms with van der Waals surface area (Å²) in [6.45, 7) is 11.0. The second-order valence-electron chi connectivity index (χ2n) is 6.62. The van der Waals surface area contributed by atoms with Crippen LogP contribution in [-0.4, -0.2) is 35.3 Å². The SMILES string of the molecule is CCCCCN1C(=O)C(CC(C)C)NC(=O)C1C(C)C. The predicted molar refractivity (Wildman–Crippen MR) is 81.2 cm³/mol. The second kappa shape index (κ2) is 7.65. The highest BCUT2D eigenvalue weighted by Gasteiger charge is 2.41. The molecule has 4 nitrogen and oxygen atoms in total. The van der Waals surface area contributed by atoms with E-state index in [2.05, 4.69) is 26.1 Å². The van der Waals surface area contributed by atoms with Crippen LogP contribution in [0.25, 0.3) is 0 Å². The molecular weight excluding hydrogens is 252 g/mol. The molecule has 1 heterocycles. The fraction of sp³-hybridized carbons (Fsp3) is 0.875. The molecule has 0 aromatic heterocycles. The van der Waals surface area contributed by atoms with Crippen molar-refractivity contribution in [3.8, 4) is 0 Å². The number of piperazine rings is 1. The van der Waals surface area contributed by atoms with Crippen LogP contribution in [0.3, 0.4) is 0 Å². The predicted octanol–water partition coefficient (Wildman–Crippen LogP) is 2.57. The lowest BCUT2D eigenvalue weighted by Crippen LogP contribution is -2.65. The summed E-state index contributed by atoms with van der Waals surface area (Å²) in [5.74, 6) is 0.674. The van der Waals surface area contributed by atoms with Gasteiger partial charge in [-0.05, 0) is 24.7 Å². The van der Waals surface area contributed by atoms with Crippen LogP contribution in [0.2, 0.25) is 0 Å². The quantitative estimate of drug-likeness (QED) is 0.730. The minimum absolute atomic E-state index is 0.0155. The molecule has 1 aliphatic rings. The number of rotatable bonds is 7. The molecule has 116 valence electrons. The van der Waals surface area contributed by atoms with Crippen LogP contribution in [0, 0.1) is 11.8 Å². The number of nitrogens with one attached hydrogen (secondary N) is 1. The Morgan fingerprint density at radius 3 is 2.30 bits per heavy atom. The Morgan fingerprint density at radius 1 is 1.15 bits per heavy atom. The minimum Gasteiger partial charge on any atom is -0.342 e. The van der Waals surface area contributed by atoms with Crippen molar-refractivity contribution in [2.45, 2.75) is 72.4 Å². The highest BCUT2D eigenvalue weighted by atomic mass is 16.2. The Balaban J connectivity index is 2.83. The van der Waals surface area contributed by atoms with Crippen molar-refractivity contribution in [1.82, 2.24) is 10.2 Å². The van der Waals surface area contributed by atoms with Gasteiger partial charge in [0.25, 0.3) is 0 Å². The lowest BCUT2D eigenvalue weighted by atomic mass is 9.93. The summed E-state index contributed by atoms with van der Waals surface area (Å²) in [7, 11) is 0. The van der Waals surface area contributed by atoms with Gasteiger partial charge in [0.05, 0.1) is 0 Å². The molecule has 20 heavy (non-hydrogen) atoms. The van der Waals surface area contributed by atoms with Crippen LogP contribution in [0.15, 0.2) is 0 Å². The van der Waals surface area contributed by atoms with E-state index in [1.165, 1.54) is 0 Å². The van der Waals surface area contributed by atoms with Gasteiger partial charge < -0.3 is 10.2 Å². The molecule has 1 saturated heterocycles. The lowest BCUT2D eigenvalue weighted by Gasteiger charge is -2.41. The average Bonchev–Trinajstić information content (AvgIpc) is 2.33. The minimum atomic E-state index is -0.334. The summed E-state index contributed by atoms with van der Waals surface area (Å²) >= 11 is 0. The van der Waals surface area contributed by atoms with E-state index in [0.29, 0.717) is 12.5 Å². The van der Waals surface area contributed by atoms with Crippen molar-refractivity contribution in [2.75, 3.05) is 6.54 Å². The van der Waals surface area contributed by atoms with E-state index in [-0.39, 0.29) is 29.8 Å². The van der Waals surface area contributed by atoms with Crippen molar-refractivity contribution >= 4 is 11.8 Å². The molecule has 0 spiro atoms. The van der Waals surface area contributed by atoms with E-state index in [1.54, 1.807) is 0 Å². The van der Waals surface area contributed by atoms with Crippen LogP contribution in [0.1, 0.15) is 60.3 Å². The molecule has 2 unspecified atom stereocenters. The van der Waals surface area contributed by atoms with Crippen molar-refractivity contribution in [3.05, 3.63) is 0 Å². The van der Waals surface area contributed by atoms with Crippen LogP contribution in [0.5, 0.6) is 0 Å². The van der Waals surface area contributed by atoms with Gasteiger partial charge in [-0.1, -0.05) is 47.5 Å². The molecule has 1 N–H and O–H groups in total. The summed E-state index contributed by atoms with van der Waals surface area (Å²) in [5, 5.41) is 2.92. The van der Waals surface area contributed by atoms with E-state index in [0.717, 1.165) is 25.7 Å². The first kappa shape index (κ1) is 17.0. The average molecular weight is 282 g/mol. The van der Waals surface area contributed by atoms with Crippen molar-refractivity contribution < 1.29 is 9.59 Å². The third-order valence-electron chi connectivity index (χ3n) is 3.84. The van der Waals surface area contributed by atoms with Gasteiger partial charge in [0.2, 0.25) is 11.8 Å². The summed E-state index contributed by atoms with van der Waals surface area (Å²) in [6.07, 6.45) is 3.92. The van der Waals surface area contributed by atoms with Gasteiger partial charge in [0.15, 0.2) is 0 Å². The van der Waals surface area contributed by atoms with Crippen LogP contribution in [0.4, 0.5) is 0 Å². The van der Waals surface area contributed by atoms with Crippen LogP contribution >= 0.6 is 0 Å². The second-order valence-corrected chi connectivity index (χ2v) is 6.62. The Hall–Kier alpha value is -1.06. The van der Waals surface area contributed by atoms with Gasteiger partial charge in [-0.3, -0.25) is 9.59 Å². The van der Waals surface area contributed by atoms with Gasteiger partial charge >= 0.3 is 0 Å². The monoisotopic (exact) mass is 282 g/mol. The number of carbonyl (C=O) groups is 2. The van der Waals surface area contributed by atoms with E-state index >= 15 is 0 Å². The molecular formula is C16H30N2O2. The summed E-state index contributed by atoms with van der Waals surface area (Å²) in [5.41, 5.74) is 0. The van der Waals surface area contributed by atoms with Gasteiger partial charge in [-0.15, -0.1) is 0 Å². The number of hydrogen-bond donors (Lipinski definition) is 1. The van der Waals surface area contributed by atoms with Gasteiger partial charge in [-0.25, -0.2) is 0 Å². The number of nitrogens with zero attached hydrogens (tertiary/aromatic N) is 1. The summed E-state index contributed by atoms with van der Waals surface area (Å²) < 4.78 is 0. The summed E-state index contributed by atoms with van der Waals surface area (Å²) in [6, 6.07) is -0.637. The third-order valence-corrected chi connectivity index (χ3v) is 3.84. The molecule has 0 radical (unpaired) electrons. The molecule has 2 atom stereocenters. The highest BCUT2D eigenvalue weighted by molar-refractivity contribution is 5.97. The molecule has 1 rings (SSSR count). The molecule has 0 saturated carbocycles. The Morgan fingerprint density at radius 2 is 1.80 bits per heavy atom. The maximum atomic E-state index is 12.6. The number of amides is 2. The number of carbonyl (C=O) groups excluding carboxylic acids is 2. The van der Waals surface area contributed by atoms with Gasteiger partial charge in [0.1, 0.15) is 12.1 Å². The standard InChI is InChI=1S/C16H30N2O2/c1-6-7-8-9-18-14(12(4)5)15(19)17-13(16(18)20)10-11(2)3/h11-14H,6-10H2,1-5H3,(H,17,19). The zero-order chi connectivity index (χ0) is 15.3. The third kappa shape index (κ3) is 4.22. The van der Waals surface area contributed by atoms with Crippen LogP contribution in [-0.2, 0) is 9.59 Å². The first-order valence-electron chi connectivity index (χ1n) is 7.99. The zero-order valence-corrected chi connectivity index (χ0v) is 13.6. The fourth-order valence-corrected chi connectivity index (χ4v) is 2.87. The van der Waals surface area contributed by atoms with E-state index in [1.807, 2.05) is 18.7 Å². The highest BCUT2D eigenvalue weighted by Crippen LogP contribution is 2.21. The molecule has 0 aromatic rings. The summed E-state index contributed by atoms with van der Waals surface area (Å²) in [4.78, 5) is 26.8. The van der Waals surface area contributed by atoms with E-state index in [4.69, 9.17) is 0 Å². The molecule has 0 aliphatic carbocycles. The molecule has 1 aliphatic heterocycles. The largest absolute Gasteiger partial charge is 0.342 e. The molecule has 0 aromatic carbocycles. The van der Waals surface area contributed by atoms with Crippen LogP contribution < -0.4 is 5.32 Å². The molecule has 1 fully saturated rings.